The molecule has 1 fully saturated rings. The van der Waals surface area contributed by atoms with E-state index >= 15 is 0 Å². The fourth-order valence-electron chi connectivity index (χ4n) is 4.14. The zero-order valence-electron chi connectivity index (χ0n) is 19.3. The molecule has 0 spiro atoms. The van der Waals surface area contributed by atoms with Crippen molar-refractivity contribution in [2.24, 2.45) is 5.92 Å². The number of urea groups is 1. The van der Waals surface area contributed by atoms with Gasteiger partial charge in [-0.2, -0.15) is 0 Å². The van der Waals surface area contributed by atoms with E-state index in [4.69, 9.17) is 9.47 Å². The molecule has 0 radical (unpaired) electrons. The minimum atomic E-state index is -0.210. The van der Waals surface area contributed by atoms with Gasteiger partial charge in [0, 0.05) is 35.9 Å². The Morgan fingerprint density at radius 2 is 1.85 bits per heavy atom. The SMILES string of the molecule is CCCOc1cc(NC(=O)NCCC2CCNCC2)cc(OCc2cc3ccccc3[nH]2)c1. The van der Waals surface area contributed by atoms with Gasteiger partial charge in [-0.1, -0.05) is 25.1 Å². The first kappa shape index (κ1) is 23.0. The first-order chi connectivity index (χ1) is 16.2. The largest absolute Gasteiger partial charge is 0.493 e. The number of para-hydroxylation sites is 1. The van der Waals surface area contributed by atoms with Gasteiger partial charge >= 0.3 is 6.03 Å². The average Bonchev–Trinajstić information content (AvgIpc) is 3.25. The second-order valence-corrected chi connectivity index (χ2v) is 8.58. The number of fused-ring (bicyclic) bond motifs is 1. The summed E-state index contributed by atoms with van der Waals surface area (Å²) < 4.78 is 11.8. The molecule has 1 saturated heterocycles. The molecule has 3 aromatic rings. The van der Waals surface area contributed by atoms with E-state index in [1.165, 1.54) is 12.8 Å². The van der Waals surface area contributed by atoms with Crippen LogP contribution in [0.25, 0.3) is 10.9 Å². The summed E-state index contributed by atoms with van der Waals surface area (Å²) in [5.74, 6) is 2.00. The number of carbonyl (C=O) groups is 1. The van der Waals surface area contributed by atoms with Crippen molar-refractivity contribution < 1.29 is 14.3 Å². The van der Waals surface area contributed by atoms with Crippen LogP contribution in [-0.4, -0.2) is 37.3 Å². The number of H-pyrrole nitrogens is 1. The van der Waals surface area contributed by atoms with E-state index in [1.54, 1.807) is 0 Å². The van der Waals surface area contributed by atoms with Crippen LogP contribution in [0.3, 0.4) is 0 Å². The van der Waals surface area contributed by atoms with Crippen LogP contribution in [-0.2, 0) is 6.61 Å². The zero-order chi connectivity index (χ0) is 22.9. The molecule has 2 aromatic carbocycles. The van der Waals surface area contributed by atoms with Gasteiger partial charge in [0.05, 0.1) is 12.3 Å². The van der Waals surface area contributed by atoms with Crippen molar-refractivity contribution >= 4 is 22.6 Å². The van der Waals surface area contributed by atoms with Crippen LogP contribution in [0.15, 0.2) is 48.5 Å². The van der Waals surface area contributed by atoms with Crippen molar-refractivity contribution in [2.75, 3.05) is 31.6 Å². The fourth-order valence-corrected chi connectivity index (χ4v) is 4.14. The summed E-state index contributed by atoms with van der Waals surface area (Å²) in [6.45, 7) is 5.88. The number of piperidine rings is 1. The molecule has 0 aliphatic carbocycles. The van der Waals surface area contributed by atoms with E-state index in [9.17, 15) is 4.79 Å². The van der Waals surface area contributed by atoms with Gasteiger partial charge in [0.1, 0.15) is 18.1 Å². The predicted octanol–water partition coefficient (Wildman–Crippen LogP) is 5.05. The maximum atomic E-state index is 12.4. The normalized spacial score (nSPS) is 14.2. The molecule has 33 heavy (non-hydrogen) atoms. The van der Waals surface area contributed by atoms with E-state index in [-0.39, 0.29) is 6.03 Å². The molecule has 2 amide bonds. The van der Waals surface area contributed by atoms with Crippen molar-refractivity contribution in [1.82, 2.24) is 15.6 Å². The Labute approximate surface area is 195 Å². The van der Waals surface area contributed by atoms with Crippen molar-refractivity contribution in [3.8, 4) is 11.5 Å². The van der Waals surface area contributed by atoms with Crippen LogP contribution in [0.1, 0.15) is 38.3 Å². The summed E-state index contributed by atoms with van der Waals surface area (Å²) in [6, 6.07) is 15.5. The van der Waals surface area contributed by atoms with Crippen molar-refractivity contribution in [3.05, 3.63) is 54.2 Å². The smallest absolute Gasteiger partial charge is 0.319 e. The topological polar surface area (TPSA) is 87.4 Å². The van der Waals surface area contributed by atoms with Gasteiger partial charge in [0.25, 0.3) is 0 Å². The molecule has 7 heteroatoms. The number of rotatable bonds is 10. The molecule has 0 atom stereocenters. The summed E-state index contributed by atoms with van der Waals surface area (Å²) in [5.41, 5.74) is 2.72. The average molecular weight is 451 g/mol. The van der Waals surface area contributed by atoms with Gasteiger partial charge < -0.3 is 30.4 Å². The maximum absolute atomic E-state index is 12.4. The Morgan fingerprint density at radius 3 is 2.64 bits per heavy atom. The Morgan fingerprint density at radius 1 is 1.06 bits per heavy atom. The third kappa shape index (κ3) is 6.89. The zero-order valence-corrected chi connectivity index (χ0v) is 19.3. The lowest BCUT2D eigenvalue weighted by atomic mass is 9.95. The first-order valence-electron chi connectivity index (χ1n) is 11.9. The molecule has 1 aliphatic rings. The number of carbonyl (C=O) groups excluding carboxylic acids is 1. The maximum Gasteiger partial charge on any atom is 0.319 e. The summed E-state index contributed by atoms with van der Waals surface area (Å²) in [7, 11) is 0. The molecule has 2 heterocycles. The van der Waals surface area contributed by atoms with Crippen LogP contribution in [0.4, 0.5) is 10.5 Å². The molecule has 176 valence electrons. The molecule has 0 saturated carbocycles. The van der Waals surface area contributed by atoms with Gasteiger partial charge in [0.15, 0.2) is 0 Å². The third-order valence-electron chi connectivity index (χ3n) is 5.89. The van der Waals surface area contributed by atoms with Gasteiger partial charge in [0.2, 0.25) is 0 Å². The quantitative estimate of drug-likeness (QED) is 0.348. The summed E-state index contributed by atoms with van der Waals surface area (Å²) >= 11 is 0. The molecular formula is C26H34N4O3. The fraction of sp³-hybridized carbons (Fsp3) is 0.423. The second kappa shape index (κ2) is 11.6. The molecule has 0 bridgehead atoms. The standard InChI is InChI=1S/C26H34N4O3/c1-2-13-32-23-15-21(30-26(31)28-12-9-19-7-10-27-11-8-19)16-24(17-23)33-18-22-14-20-5-3-4-6-25(20)29-22/h3-6,14-17,19,27,29H,2,7-13,18H2,1H3,(H2,28,30,31). The number of ether oxygens (including phenoxy) is 2. The molecule has 1 aromatic heterocycles. The highest BCUT2D eigenvalue weighted by atomic mass is 16.5. The molecular weight excluding hydrogens is 416 g/mol. The van der Waals surface area contributed by atoms with Gasteiger partial charge in [-0.25, -0.2) is 4.79 Å². The molecule has 1 aliphatic heterocycles. The van der Waals surface area contributed by atoms with Crippen LogP contribution >= 0.6 is 0 Å². The molecule has 4 rings (SSSR count). The number of hydrogen-bond donors (Lipinski definition) is 4. The summed E-state index contributed by atoms with van der Waals surface area (Å²) in [4.78, 5) is 15.8. The van der Waals surface area contributed by atoms with Gasteiger partial charge in [-0.15, -0.1) is 0 Å². The Balaban J connectivity index is 1.35. The summed E-state index contributed by atoms with van der Waals surface area (Å²) in [5, 5.41) is 10.4. The van der Waals surface area contributed by atoms with Crippen LogP contribution in [0.5, 0.6) is 11.5 Å². The van der Waals surface area contributed by atoms with E-state index < -0.39 is 0 Å². The Hall–Kier alpha value is -3.19. The van der Waals surface area contributed by atoms with E-state index in [2.05, 4.69) is 40.0 Å². The van der Waals surface area contributed by atoms with Crippen LogP contribution in [0.2, 0.25) is 0 Å². The number of aromatic nitrogens is 1. The number of aromatic amines is 1. The lowest BCUT2D eigenvalue weighted by Gasteiger charge is -2.22. The molecule has 7 nitrogen and oxygen atoms in total. The molecule has 4 N–H and O–H groups in total. The van der Waals surface area contributed by atoms with E-state index in [0.29, 0.717) is 42.9 Å². The number of nitrogens with one attached hydrogen (secondary N) is 4. The highest BCUT2D eigenvalue weighted by Crippen LogP contribution is 2.27. The summed E-state index contributed by atoms with van der Waals surface area (Å²) in [6.07, 6.45) is 4.27. The Bertz CT molecular complexity index is 1010. The number of anilines is 1. The minimum Gasteiger partial charge on any atom is -0.493 e. The first-order valence-corrected chi connectivity index (χ1v) is 11.9. The van der Waals surface area contributed by atoms with Crippen molar-refractivity contribution in [3.63, 3.8) is 0 Å². The van der Waals surface area contributed by atoms with Gasteiger partial charge in [-0.3, -0.25) is 0 Å². The third-order valence-corrected chi connectivity index (χ3v) is 5.89. The number of benzene rings is 2. The highest BCUT2D eigenvalue weighted by molar-refractivity contribution is 5.89. The predicted molar refractivity (Wildman–Crippen MR) is 132 cm³/mol. The van der Waals surface area contributed by atoms with Crippen LogP contribution in [0, 0.1) is 5.92 Å². The lowest BCUT2D eigenvalue weighted by Crippen LogP contribution is -2.33. The Kier molecular flexibility index (Phi) is 8.09. The van der Waals surface area contributed by atoms with Crippen molar-refractivity contribution in [1.29, 1.82) is 0 Å². The lowest BCUT2D eigenvalue weighted by molar-refractivity contribution is 0.250. The van der Waals surface area contributed by atoms with E-state index in [0.717, 1.165) is 42.5 Å². The number of amides is 2. The van der Waals surface area contributed by atoms with E-state index in [1.807, 2.05) is 36.4 Å². The number of hydrogen-bond acceptors (Lipinski definition) is 4. The highest BCUT2D eigenvalue weighted by Gasteiger charge is 2.13. The van der Waals surface area contributed by atoms with Crippen molar-refractivity contribution in [2.45, 2.75) is 39.2 Å². The minimum absolute atomic E-state index is 0.210. The van der Waals surface area contributed by atoms with Gasteiger partial charge in [-0.05, 0) is 62.2 Å². The monoisotopic (exact) mass is 450 g/mol. The molecule has 0 unspecified atom stereocenters. The second-order valence-electron chi connectivity index (χ2n) is 8.58. The van der Waals surface area contributed by atoms with Crippen LogP contribution < -0.4 is 25.4 Å².